The summed E-state index contributed by atoms with van der Waals surface area (Å²) in [7, 11) is 0. The lowest BCUT2D eigenvalue weighted by Crippen LogP contribution is -2.03. The molecule has 1 aromatic carbocycles. The minimum Gasteiger partial charge on any atom is -0.358 e. The van der Waals surface area contributed by atoms with Crippen LogP contribution in [0.1, 0.15) is 36.6 Å². The van der Waals surface area contributed by atoms with Crippen LogP contribution in [0.3, 0.4) is 0 Å². The summed E-state index contributed by atoms with van der Waals surface area (Å²) in [6, 6.07) is 4.66. The summed E-state index contributed by atoms with van der Waals surface area (Å²) in [4.78, 5) is 3.50. The smallest absolute Gasteiger partial charge is 0.0594 e. The largest absolute Gasteiger partial charge is 0.358 e. The zero-order valence-electron chi connectivity index (χ0n) is 11.1. The highest BCUT2D eigenvalue weighted by atomic mass is 127. The number of aromatic amines is 1. The number of aryl methyl sites for hydroxylation is 2. The Morgan fingerprint density at radius 1 is 1.28 bits per heavy atom. The van der Waals surface area contributed by atoms with Crippen molar-refractivity contribution in [1.82, 2.24) is 4.98 Å². The summed E-state index contributed by atoms with van der Waals surface area (Å²) < 4.78 is 1.32. The molecule has 0 fully saturated rings. The molecule has 98 valence electrons. The Balaban J connectivity index is 2.50. The molecule has 18 heavy (non-hydrogen) atoms. The lowest BCUT2D eigenvalue weighted by Gasteiger charge is -2.04. The van der Waals surface area contributed by atoms with Crippen molar-refractivity contribution in [2.45, 2.75) is 39.5 Å². The van der Waals surface area contributed by atoms with Crippen molar-refractivity contribution in [1.29, 1.82) is 0 Å². The van der Waals surface area contributed by atoms with Crippen LogP contribution < -0.4 is 5.73 Å². The van der Waals surface area contributed by atoms with Crippen molar-refractivity contribution in [3.8, 4) is 0 Å². The van der Waals surface area contributed by atoms with Gasteiger partial charge in [0.05, 0.1) is 5.52 Å². The Morgan fingerprint density at radius 2 is 2.06 bits per heavy atom. The third kappa shape index (κ3) is 2.72. The molecule has 0 saturated heterocycles. The summed E-state index contributed by atoms with van der Waals surface area (Å²) in [5.41, 5.74) is 11.1. The number of nitrogens with one attached hydrogen (secondary N) is 1. The van der Waals surface area contributed by atoms with Gasteiger partial charge in [0.1, 0.15) is 0 Å². The highest BCUT2D eigenvalue weighted by Crippen LogP contribution is 2.28. The summed E-state index contributed by atoms with van der Waals surface area (Å²) in [6.07, 6.45) is 4.64. The number of hydrogen-bond donors (Lipinski definition) is 2. The number of fused-ring (bicyclic) bond motifs is 1. The maximum atomic E-state index is 5.72. The first-order valence-corrected chi connectivity index (χ1v) is 7.74. The van der Waals surface area contributed by atoms with Gasteiger partial charge in [-0.15, -0.1) is 0 Å². The number of aromatic nitrogens is 1. The van der Waals surface area contributed by atoms with Crippen LogP contribution in [0.25, 0.3) is 10.9 Å². The van der Waals surface area contributed by atoms with Crippen LogP contribution in [0.15, 0.2) is 12.1 Å². The van der Waals surface area contributed by atoms with Gasteiger partial charge in [-0.2, -0.15) is 0 Å². The zero-order chi connectivity index (χ0) is 13.1. The molecule has 0 bridgehead atoms. The monoisotopic (exact) mass is 356 g/mol. The molecule has 0 aliphatic heterocycles. The van der Waals surface area contributed by atoms with E-state index < -0.39 is 0 Å². The molecule has 3 N–H and O–H groups in total. The maximum Gasteiger partial charge on any atom is 0.0594 e. The van der Waals surface area contributed by atoms with E-state index in [1.807, 2.05) is 0 Å². The fourth-order valence-corrected chi connectivity index (χ4v) is 3.31. The molecule has 0 spiro atoms. The lowest BCUT2D eigenvalue weighted by atomic mass is 10.0. The maximum absolute atomic E-state index is 5.72. The molecule has 0 saturated carbocycles. The average molecular weight is 356 g/mol. The van der Waals surface area contributed by atoms with E-state index in [2.05, 4.69) is 53.6 Å². The molecule has 0 aliphatic carbocycles. The van der Waals surface area contributed by atoms with Crippen LogP contribution in [0, 0.1) is 10.5 Å². The summed E-state index contributed by atoms with van der Waals surface area (Å²) in [5, 5.41) is 1.37. The minimum absolute atomic E-state index is 0.712. The fourth-order valence-electron chi connectivity index (χ4n) is 2.48. The Kier molecular flexibility index (Phi) is 4.67. The molecule has 1 aromatic heterocycles. The van der Waals surface area contributed by atoms with E-state index in [1.165, 1.54) is 50.6 Å². The lowest BCUT2D eigenvalue weighted by molar-refractivity contribution is 0.795. The van der Waals surface area contributed by atoms with E-state index in [9.17, 15) is 0 Å². The molecule has 0 radical (unpaired) electrons. The van der Waals surface area contributed by atoms with Crippen molar-refractivity contribution >= 4 is 33.5 Å². The normalized spacial score (nSPS) is 11.3. The molecule has 0 unspecified atom stereocenters. The topological polar surface area (TPSA) is 41.8 Å². The Morgan fingerprint density at radius 3 is 2.72 bits per heavy atom. The van der Waals surface area contributed by atoms with Crippen LogP contribution in [-0.2, 0) is 12.8 Å². The summed E-state index contributed by atoms with van der Waals surface area (Å²) in [6.45, 7) is 5.10. The molecule has 2 nitrogen and oxygen atoms in total. The number of H-pyrrole nitrogens is 1. The Hall–Kier alpha value is -0.550. The molecule has 1 heterocycles. The van der Waals surface area contributed by atoms with Crippen molar-refractivity contribution in [2.75, 3.05) is 6.54 Å². The van der Waals surface area contributed by atoms with Gasteiger partial charge in [-0.25, -0.2) is 0 Å². The second-order valence-electron chi connectivity index (χ2n) is 4.87. The first-order chi connectivity index (χ1) is 8.67. The van der Waals surface area contributed by atoms with Crippen LogP contribution >= 0.6 is 22.6 Å². The van der Waals surface area contributed by atoms with Gasteiger partial charge in [-0.1, -0.05) is 13.3 Å². The molecular weight excluding hydrogens is 335 g/mol. The number of rotatable bonds is 5. The van der Waals surface area contributed by atoms with Gasteiger partial charge in [0.25, 0.3) is 0 Å². The summed E-state index contributed by atoms with van der Waals surface area (Å²) in [5.74, 6) is 0. The van der Waals surface area contributed by atoms with E-state index >= 15 is 0 Å². The minimum atomic E-state index is 0.712. The second-order valence-corrected chi connectivity index (χ2v) is 6.03. The molecule has 3 heteroatoms. The van der Waals surface area contributed by atoms with Gasteiger partial charge >= 0.3 is 0 Å². The number of unbranched alkanes of at least 4 members (excludes halogenated alkanes) is 1. The molecule has 2 aromatic rings. The van der Waals surface area contributed by atoms with Crippen molar-refractivity contribution in [2.24, 2.45) is 5.73 Å². The second kappa shape index (κ2) is 6.06. The summed E-state index contributed by atoms with van der Waals surface area (Å²) >= 11 is 2.43. The molecular formula is C15H21IN2. The predicted molar refractivity (Wildman–Crippen MR) is 87.1 cm³/mol. The zero-order valence-corrected chi connectivity index (χ0v) is 13.3. The number of halogens is 1. The Bertz CT molecular complexity index is 543. The van der Waals surface area contributed by atoms with Crippen molar-refractivity contribution < 1.29 is 0 Å². The highest BCUT2D eigenvalue weighted by molar-refractivity contribution is 14.1. The van der Waals surface area contributed by atoms with Crippen LogP contribution in [0.5, 0.6) is 0 Å². The van der Waals surface area contributed by atoms with Crippen molar-refractivity contribution in [3.05, 3.63) is 32.5 Å². The van der Waals surface area contributed by atoms with E-state index in [-0.39, 0.29) is 0 Å². The van der Waals surface area contributed by atoms with E-state index in [0.717, 1.165) is 6.42 Å². The number of hydrogen-bond acceptors (Lipinski definition) is 1. The van der Waals surface area contributed by atoms with Gasteiger partial charge in [0.15, 0.2) is 0 Å². The van der Waals surface area contributed by atoms with Gasteiger partial charge in [-0.05, 0) is 78.6 Å². The first kappa shape index (κ1) is 13.9. The predicted octanol–water partition coefficient (Wildman–Crippen LogP) is 3.92. The number of benzene rings is 1. The molecule has 0 aliphatic rings. The van der Waals surface area contributed by atoms with Crippen LogP contribution in [0.2, 0.25) is 0 Å². The molecule has 2 rings (SSSR count). The van der Waals surface area contributed by atoms with Crippen LogP contribution in [0.4, 0.5) is 0 Å². The number of nitrogens with two attached hydrogens (primary N) is 1. The first-order valence-electron chi connectivity index (χ1n) is 6.67. The van der Waals surface area contributed by atoms with Crippen LogP contribution in [-0.4, -0.2) is 11.5 Å². The standard InChI is InChI=1S/C15H21IN2/c1-3-4-5-11-8-13-12(6-7-17)10(2)18-15(13)14(16)9-11/h8-9,18H,3-7,17H2,1-2H3. The fraction of sp³-hybridized carbons (Fsp3) is 0.467. The van der Waals surface area contributed by atoms with Gasteiger partial charge in [0.2, 0.25) is 0 Å². The SMILES string of the molecule is CCCCc1cc(I)c2[nH]c(C)c(CCN)c2c1. The van der Waals surface area contributed by atoms with Crippen molar-refractivity contribution in [3.63, 3.8) is 0 Å². The van der Waals surface area contributed by atoms with Gasteiger partial charge in [-0.3, -0.25) is 0 Å². The van der Waals surface area contributed by atoms with Gasteiger partial charge < -0.3 is 10.7 Å². The third-order valence-electron chi connectivity index (χ3n) is 3.45. The third-order valence-corrected chi connectivity index (χ3v) is 4.30. The molecule has 0 amide bonds. The van der Waals surface area contributed by atoms with Gasteiger partial charge in [0, 0.05) is 14.7 Å². The van der Waals surface area contributed by atoms with E-state index in [1.54, 1.807) is 0 Å². The average Bonchev–Trinajstić information content (AvgIpc) is 2.66. The van der Waals surface area contributed by atoms with E-state index in [4.69, 9.17) is 5.73 Å². The highest BCUT2D eigenvalue weighted by Gasteiger charge is 2.11. The molecule has 0 atom stereocenters. The van der Waals surface area contributed by atoms with E-state index in [0.29, 0.717) is 6.54 Å². The Labute approximate surface area is 122 Å². The quantitative estimate of drug-likeness (QED) is 0.784.